The molecule has 0 aromatic carbocycles. The van der Waals surface area contributed by atoms with Crippen molar-refractivity contribution in [1.82, 2.24) is 5.32 Å². The summed E-state index contributed by atoms with van der Waals surface area (Å²) in [6.07, 6.45) is 0.641. The topological polar surface area (TPSA) is 127 Å². The van der Waals surface area contributed by atoms with Gasteiger partial charge in [0.2, 0.25) is 0 Å². The van der Waals surface area contributed by atoms with Crippen LogP contribution in [0, 0.1) is 0 Å². The molecule has 0 aromatic heterocycles. The molecular weight excluding hydrogens is 196 g/mol. The Kier molecular flexibility index (Phi) is 5.92. The summed E-state index contributed by atoms with van der Waals surface area (Å²) in [6, 6.07) is -0.638. The standard InChI is InChI=1S/C9H22N4O2/c1-9(2,15)7(14)6(10)4-3-5-13-8(11)12/h6,8,13,15H,3-5,10-12H2,1-2H3/t6-/m0/s1. The van der Waals surface area contributed by atoms with E-state index in [9.17, 15) is 9.90 Å². The van der Waals surface area contributed by atoms with E-state index < -0.39 is 17.9 Å². The van der Waals surface area contributed by atoms with Crippen molar-refractivity contribution >= 4 is 5.78 Å². The van der Waals surface area contributed by atoms with Gasteiger partial charge >= 0.3 is 0 Å². The first kappa shape index (κ1) is 14.5. The van der Waals surface area contributed by atoms with Gasteiger partial charge < -0.3 is 22.3 Å². The Hall–Kier alpha value is -0.530. The van der Waals surface area contributed by atoms with Gasteiger partial charge in [-0.15, -0.1) is 0 Å². The molecule has 0 rings (SSSR count). The van der Waals surface area contributed by atoms with E-state index in [1.54, 1.807) is 0 Å². The molecule has 0 fully saturated rings. The van der Waals surface area contributed by atoms with E-state index in [4.69, 9.17) is 17.2 Å². The van der Waals surface area contributed by atoms with Crippen LogP contribution in [0.25, 0.3) is 0 Å². The molecule has 0 radical (unpaired) electrons. The summed E-state index contributed by atoms with van der Waals surface area (Å²) in [6.45, 7) is 3.47. The number of Topliss-reactive ketones (excluding diaryl/α,β-unsaturated/α-hetero) is 1. The number of aliphatic hydroxyl groups is 1. The molecule has 90 valence electrons. The van der Waals surface area contributed by atoms with Crippen LogP contribution in [0.4, 0.5) is 0 Å². The highest BCUT2D eigenvalue weighted by Gasteiger charge is 2.28. The van der Waals surface area contributed by atoms with E-state index in [0.29, 0.717) is 19.4 Å². The summed E-state index contributed by atoms with van der Waals surface area (Å²) < 4.78 is 0. The molecular formula is C9H22N4O2. The maximum absolute atomic E-state index is 11.4. The van der Waals surface area contributed by atoms with Crippen molar-refractivity contribution in [2.45, 2.75) is 44.6 Å². The minimum absolute atomic E-state index is 0.348. The summed E-state index contributed by atoms with van der Waals surface area (Å²) >= 11 is 0. The van der Waals surface area contributed by atoms with Crippen LogP contribution >= 0.6 is 0 Å². The summed E-state index contributed by atoms with van der Waals surface area (Å²) in [5, 5.41) is 12.2. The lowest BCUT2D eigenvalue weighted by molar-refractivity contribution is -0.135. The summed E-state index contributed by atoms with van der Waals surface area (Å²) in [7, 11) is 0. The van der Waals surface area contributed by atoms with E-state index in [0.717, 1.165) is 0 Å². The van der Waals surface area contributed by atoms with Gasteiger partial charge in [0.15, 0.2) is 5.78 Å². The summed E-state index contributed by atoms with van der Waals surface area (Å²) in [4.78, 5) is 11.4. The first-order valence-electron chi connectivity index (χ1n) is 5.02. The zero-order chi connectivity index (χ0) is 12.1. The Bertz CT molecular complexity index is 201. The molecule has 15 heavy (non-hydrogen) atoms. The average Bonchev–Trinajstić information content (AvgIpc) is 2.09. The van der Waals surface area contributed by atoms with E-state index in [1.165, 1.54) is 13.8 Å². The summed E-state index contributed by atoms with van der Waals surface area (Å²) in [5.41, 5.74) is 14.8. The molecule has 6 nitrogen and oxygen atoms in total. The smallest absolute Gasteiger partial charge is 0.180 e. The lowest BCUT2D eigenvalue weighted by atomic mass is 9.95. The van der Waals surface area contributed by atoms with E-state index >= 15 is 0 Å². The van der Waals surface area contributed by atoms with Gasteiger partial charge in [0.25, 0.3) is 0 Å². The maximum atomic E-state index is 11.4. The Morgan fingerprint density at radius 1 is 1.40 bits per heavy atom. The molecule has 0 saturated heterocycles. The Morgan fingerprint density at radius 2 is 1.93 bits per heavy atom. The SMILES string of the molecule is CC(C)(O)C(=O)[C@@H](N)CCCNC(N)N. The molecule has 8 N–H and O–H groups in total. The third-order valence-corrected chi connectivity index (χ3v) is 2.01. The van der Waals surface area contributed by atoms with E-state index in [1.807, 2.05) is 0 Å². The second-order valence-electron chi connectivity index (χ2n) is 4.15. The average molecular weight is 218 g/mol. The molecule has 0 aromatic rings. The second-order valence-corrected chi connectivity index (χ2v) is 4.15. The molecule has 0 aliphatic heterocycles. The normalized spacial score (nSPS) is 14.3. The van der Waals surface area contributed by atoms with Crippen LogP contribution in [-0.2, 0) is 4.79 Å². The largest absolute Gasteiger partial charge is 0.383 e. The highest BCUT2D eigenvalue weighted by molar-refractivity contribution is 5.90. The second kappa shape index (κ2) is 6.14. The van der Waals surface area contributed by atoms with Crippen molar-refractivity contribution in [1.29, 1.82) is 0 Å². The zero-order valence-corrected chi connectivity index (χ0v) is 9.36. The predicted octanol–water partition coefficient (Wildman–Crippen LogP) is -1.78. The van der Waals surface area contributed by atoms with Gasteiger partial charge in [-0.3, -0.25) is 10.1 Å². The third kappa shape index (κ3) is 6.53. The molecule has 6 heteroatoms. The highest BCUT2D eigenvalue weighted by Crippen LogP contribution is 2.08. The van der Waals surface area contributed by atoms with Gasteiger partial charge in [-0.05, 0) is 33.2 Å². The number of carbonyl (C=O) groups excluding carboxylic acids is 1. The monoisotopic (exact) mass is 218 g/mol. The quantitative estimate of drug-likeness (QED) is 0.254. The molecule has 0 saturated carbocycles. The van der Waals surface area contributed by atoms with Gasteiger partial charge in [-0.25, -0.2) is 0 Å². The fraction of sp³-hybridized carbons (Fsp3) is 0.889. The minimum atomic E-state index is -1.36. The predicted molar refractivity (Wildman–Crippen MR) is 58.7 cm³/mol. The van der Waals surface area contributed by atoms with Crippen molar-refractivity contribution in [2.24, 2.45) is 17.2 Å². The van der Waals surface area contributed by atoms with Crippen LogP contribution in [0.5, 0.6) is 0 Å². The summed E-state index contributed by atoms with van der Waals surface area (Å²) in [5.74, 6) is -0.348. The lowest BCUT2D eigenvalue weighted by Crippen LogP contribution is -2.47. The molecule has 0 bridgehead atoms. The fourth-order valence-corrected chi connectivity index (χ4v) is 1.18. The molecule has 0 spiro atoms. The van der Waals surface area contributed by atoms with Gasteiger partial charge in [-0.2, -0.15) is 0 Å². The van der Waals surface area contributed by atoms with Crippen LogP contribution in [0.3, 0.4) is 0 Å². The van der Waals surface area contributed by atoms with Crippen molar-refractivity contribution < 1.29 is 9.90 Å². The van der Waals surface area contributed by atoms with Crippen LogP contribution < -0.4 is 22.5 Å². The van der Waals surface area contributed by atoms with E-state index in [2.05, 4.69) is 5.32 Å². The highest BCUT2D eigenvalue weighted by atomic mass is 16.3. The van der Waals surface area contributed by atoms with Crippen LogP contribution in [0.1, 0.15) is 26.7 Å². The molecule has 0 unspecified atom stereocenters. The molecule has 0 aliphatic carbocycles. The van der Waals surface area contributed by atoms with Crippen LogP contribution in [0.2, 0.25) is 0 Å². The minimum Gasteiger partial charge on any atom is -0.383 e. The van der Waals surface area contributed by atoms with Crippen molar-refractivity contribution in [3.63, 3.8) is 0 Å². The molecule has 1 atom stereocenters. The Labute approximate surface area is 90.2 Å². The van der Waals surface area contributed by atoms with Gasteiger partial charge in [-0.1, -0.05) is 0 Å². The van der Waals surface area contributed by atoms with Gasteiger partial charge in [0, 0.05) is 0 Å². The van der Waals surface area contributed by atoms with Gasteiger partial charge in [0.1, 0.15) is 11.9 Å². The number of ketones is 1. The number of carbonyl (C=O) groups is 1. The molecule has 0 heterocycles. The van der Waals surface area contributed by atoms with Crippen LogP contribution in [-0.4, -0.2) is 35.4 Å². The number of nitrogens with one attached hydrogen (secondary N) is 1. The van der Waals surface area contributed by atoms with E-state index in [-0.39, 0.29) is 5.78 Å². The number of hydrogen-bond donors (Lipinski definition) is 5. The first-order chi connectivity index (χ1) is 6.75. The Morgan fingerprint density at radius 3 is 2.33 bits per heavy atom. The fourth-order valence-electron chi connectivity index (χ4n) is 1.18. The molecule has 0 amide bonds. The first-order valence-corrected chi connectivity index (χ1v) is 5.02. The molecule has 0 aliphatic rings. The van der Waals surface area contributed by atoms with Gasteiger partial charge in [0.05, 0.1) is 6.04 Å². The zero-order valence-electron chi connectivity index (χ0n) is 9.36. The van der Waals surface area contributed by atoms with Crippen molar-refractivity contribution in [3.05, 3.63) is 0 Å². The number of nitrogens with two attached hydrogens (primary N) is 3. The number of rotatable bonds is 7. The Balaban J connectivity index is 3.75. The number of hydrogen-bond acceptors (Lipinski definition) is 6. The van der Waals surface area contributed by atoms with Crippen molar-refractivity contribution in [2.75, 3.05) is 6.54 Å². The van der Waals surface area contributed by atoms with Crippen LogP contribution in [0.15, 0.2) is 0 Å². The third-order valence-electron chi connectivity index (χ3n) is 2.01. The lowest BCUT2D eigenvalue weighted by Gasteiger charge is -2.20. The maximum Gasteiger partial charge on any atom is 0.180 e. The van der Waals surface area contributed by atoms with Crippen molar-refractivity contribution in [3.8, 4) is 0 Å².